The molecule has 7 heteroatoms. The molecule has 2 atom stereocenters. The van der Waals surface area contributed by atoms with Gasteiger partial charge in [-0.15, -0.1) is 0 Å². The zero-order valence-corrected chi connectivity index (χ0v) is 20.7. The lowest BCUT2D eigenvalue weighted by atomic mass is 9.98. The zero-order chi connectivity index (χ0) is 23.8. The Bertz CT molecular complexity index is 1080. The van der Waals surface area contributed by atoms with E-state index < -0.39 is 6.04 Å². The van der Waals surface area contributed by atoms with Gasteiger partial charge in [0.15, 0.2) is 5.11 Å². The number of nitrogens with zero attached hydrogens (tertiary/aromatic N) is 2. The Labute approximate surface area is 202 Å². The summed E-state index contributed by atoms with van der Waals surface area (Å²) in [6, 6.07) is 15.9. The summed E-state index contributed by atoms with van der Waals surface area (Å²) >= 11 is 5.48. The third-order valence-corrected chi connectivity index (χ3v) is 5.96. The van der Waals surface area contributed by atoms with Gasteiger partial charge in [0.1, 0.15) is 25.0 Å². The minimum Gasteiger partial charge on any atom is -0.350 e. The molecule has 1 aromatic heterocycles. The Hall–Kier alpha value is -3.19. The molecule has 0 bridgehead atoms. The van der Waals surface area contributed by atoms with Gasteiger partial charge in [0, 0.05) is 12.2 Å². The number of amides is 1. The first-order valence-electron chi connectivity index (χ1n) is 11.3. The van der Waals surface area contributed by atoms with Gasteiger partial charge in [0.2, 0.25) is 12.2 Å². The van der Waals surface area contributed by atoms with E-state index in [1.807, 2.05) is 49.0 Å². The average molecular weight is 465 g/mol. The van der Waals surface area contributed by atoms with Gasteiger partial charge in [-0.2, -0.15) is 0 Å². The lowest BCUT2D eigenvalue weighted by molar-refractivity contribution is -0.671. The largest absolute Gasteiger partial charge is 0.350 e. The van der Waals surface area contributed by atoms with Crippen LogP contribution in [0.4, 0.5) is 5.69 Å². The Balaban J connectivity index is 1.55. The summed E-state index contributed by atoms with van der Waals surface area (Å²) in [7, 11) is 2.01. The second-order valence-electron chi connectivity index (χ2n) is 8.62. The second-order valence-corrected chi connectivity index (χ2v) is 9.03. The third-order valence-electron chi connectivity index (χ3n) is 5.74. The first kappa shape index (κ1) is 24.5. The highest BCUT2D eigenvalue weighted by molar-refractivity contribution is 7.80. The summed E-state index contributed by atoms with van der Waals surface area (Å²) in [4.78, 5) is 13.0. The smallest absolute Gasteiger partial charge is 0.243 e. The number of aromatic nitrogens is 2. The molecule has 0 fully saturated rings. The van der Waals surface area contributed by atoms with Crippen LogP contribution < -0.4 is 20.5 Å². The number of nitrogens with one attached hydrogen (secondary N) is 3. The molecule has 0 saturated heterocycles. The first-order valence-corrected chi connectivity index (χ1v) is 11.8. The Morgan fingerprint density at radius 2 is 1.88 bits per heavy atom. The number of thiocarbonyl (C=S) groups is 1. The molecule has 0 aliphatic carbocycles. The number of benzene rings is 2. The van der Waals surface area contributed by atoms with Crippen molar-refractivity contribution in [2.75, 3.05) is 5.32 Å². The number of anilines is 1. The SMILES string of the molecule is CC[C@H](C)[C@H](NC(=S)Nc1cccc(C)c1)C(=O)NCc1ccc(Cn2cc[n+](C)c2)cc1. The maximum absolute atomic E-state index is 13.0. The first-order chi connectivity index (χ1) is 15.8. The van der Waals surface area contributed by atoms with Gasteiger partial charge in [0.25, 0.3) is 0 Å². The van der Waals surface area contributed by atoms with Gasteiger partial charge in [-0.3, -0.25) is 4.79 Å². The highest BCUT2D eigenvalue weighted by Gasteiger charge is 2.24. The van der Waals surface area contributed by atoms with E-state index in [4.69, 9.17) is 12.2 Å². The average Bonchev–Trinajstić information content (AvgIpc) is 3.20. The Morgan fingerprint density at radius 3 is 2.52 bits per heavy atom. The molecule has 1 amide bonds. The van der Waals surface area contributed by atoms with Crippen LogP contribution in [0.15, 0.2) is 67.3 Å². The van der Waals surface area contributed by atoms with Crippen molar-refractivity contribution in [3.63, 3.8) is 0 Å². The van der Waals surface area contributed by atoms with E-state index in [2.05, 4.69) is 71.2 Å². The molecule has 3 N–H and O–H groups in total. The van der Waals surface area contributed by atoms with E-state index in [0.717, 1.165) is 29.8 Å². The zero-order valence-electron chi connectivity index (χ0n) is 19.8. The lowest BCUT2D eigenvalue weighted by Gasteiger charge is -2.25. The molecule has 174 valence electrons. The topological polar surface area (TPSA) is 62.0 Å². The maximum atomic E-state index is 13.0. The van der Waals surface area contributed by atoms with Crippen molar-refractivity contribution in [1.29, 1.82) is 0 Å². The van der Waals surface area contributed by atoms with Gasteiger partial charge < -0.3 is 16.0 Å². The highest BCUT2D eigenvalue weighted by Crippen LogP contribution is 2.12. The molecule has 1 heterocycles. The van der Waals surface area contributed by atoms with Crippen LogP contribution in [0.1, 0.15) is 37.0 Å². The van der Waals surface area contributed by atoms with Crippen LogP contribution in [-0.4, -0.2) is 21.6 Å². The summed E-state index contributed by atoms with van der Waals surface area (Å²) in [6.07, 6.45) is 6.99. The van der Waals surface area contributed by atoms with E-state index in [-0.39, 0.29) is 11.8 Å². The van der Waals surface area contributed by atoms with Crippen molar-refractivity contribution >= 4 is 28.9 Å². The molecule has 2 aromatic carbocycles. The molecule has 0 unspecified atom stereocenters. The fourth-order valence-corrected chi connectivity index (χ4v) is 3.85. The molecule has 6 nitrogen and oxygen atoms in total. The summed E-state index contributed by atoms with van der Waals surface area (Å²) in [5, 5.41) is 9.91. The van der Waals surface area contributed by atoms with Crippen molar-refractivity contribution in [3.05, 3.63) is 83.9 Å². The van der Waals surface area contributed by atoms with Crippen LogP contribution in [0.2, 0.25) is 0 Å². The van der Waals surface area contributed by atoms with Crippen LogP contribution in [0.25, 0.3) is 0 Å². The standard InChI is InChI=1S/C26H33N5OS/c1-5-20(3)24(29-26(33)28-23-8-6-7-19(2)15-23)25(32)27-16-21-9-11-22(12-10-21)17-31-14-13-30(4)18-31/h6-15,18,20,24H,5,16-17H2,1-4H3,(H2-,27,28,29,32,33)/p+1/t20-,24-/m0/s1. The van der Waals surface area contributed by atoms with E-state index in [1.165, 1.54) is 5.56 Å². The predicted octanol–water partition coefficient (Wildman–Crippen LogP) is 3.69. The fraction of sp³-hybridized carbons (Fsp3) is 0.346. The summed E-state index contributed by atoms with van der Waals surface area (Å²) < 4.78 is 4.15. The van der Waals surface area contributed by atoms with E-state index in [0.29, 0.717) is 11.7 Å². The van der Waals surface area contributed by atoms with Crippen molar-refractivity contribution in [1.82, 2.24) is 15.2 Å². The number of carbonyl (C=O) groups is 1. The molecule has 0 aliphatic rings. The van der Waals surface area contributed by atoms with Crippen LogP contribution in [-0.2, 0) is 24.9 Å². The van der Waals surface area contributed by atoms with Crippen molar-refractivity contribution < 1.29 is 9.36 Å². The normalized spacial score (nSPS) is 12.6. The minimum atomic E-state index is -0.409. The van der Waals surface area contributed by atoms with Crippen molar-refractivity contribution in [2.45, 2.75) is 46.3 Å². The molecule has 0 aliphatic heterocycles. The van der Waals surface area contributed by atoms with Gasteiger partial charge in [-0.05, 0) is 53.9 Å². The molecule has 0 spiro atoms. The quantitative estimate of drug-likeness (QED) is 0.334. The van der Waals surface area contributed by atoms with Crippen LogP contribution in [0.5, 0.6) is 0 Å². The number of hydrogen-bond donors (Lipinski definition) is 3. The number of rotatable bonds is 9. The number of carbonyl (C=O) groups excluding carboxylic acids is 1. The fourth-order valence-electron chi connectivity index (χ4n) is 3.60. The molecule has 3 aromatic rings. The van der Waals surface area contributed by atoms with E-state index >= 15 is 0 Å². The maximum Gasteiger partial charge on any atom is 0.243 e. The third kappa shape index (κ3) is 7.43. The van der Waals surface area contributed by atoms with E-state index in [1.54, 1.807) is 0 Å². The van der Waals surface area contributed by atoms with Crippen molar-refractivity contribution in [2.24, 2.45) is 13.0 Å². The highest BCUT2D eigenvalue weighted by atomic mass is 32.1. The molecule has 0 saturated carbocycles. The molecular weight excluding hydrogens is 430 g/mol. The van der Waals surface area contributed by atoms with Crippen LogP contribution in [0, 0.1) is 12.8 Å². The predicted molar refractivity (Wildman–Crippen MR) is 137 cm³/mol. The van der Waals surface area contributed by atoms with Gasteiger partial charge >= 0.3 is 0 Å². The van der Waals surface area contributed by atoms with Gasteiger partial charge in [-0.1, -0.05) is 56.7 Å². The molecule has 33 heavy (non-hydrogen) atoms. The second kappa shape index (κ2) is 11.6. The Morgan fingerprint density at radius 1 is 1.15 bits per heavy atom. The van der Waals surface area contributed by atoms with Gasteiger partial charge in [-0.25, -0.2) is 9.13 Å². The van der Waals surface area contributed by atoms with E-state index in [9.17, 15) is 4.79 Å². The van der Waals surface area contributed by atoms with Crippen LogP contribution in [0.3, 0.4) is 0 Å². The van der Waals surface area contributed by atoms with Crippen molar-refractivity contribution in [3.8, 4) is 0 Å². The minimum absolute atomic E-state index is 0.0540. The molecular formula is C26H34N5OS+. The van der Waals surface area contributed by atoms with Crippen LogP contribution >= 0.6 is 12.2 Å². The molecule has 3 rings (SSSR count). The monoisotopic (exact) mass is 464 g/mol. The summed E-state index contributed by atoms with van der Waals surface area (Å²) in [5.41, 5.74) is 4.33. The number of hydrogen-bond acceptors (Lipinski definition) is 2. The number of imidazole rings is 1. The van der Waals surface area contributed by atoms with Gasteiger partial charge in [0.05, 0.1) is 7.05 Å². The number of aryl methyl sites for hydroxylation is 2. The lowest BCUT2D eigenvalue weighted by Crippen LogP contribution is -2.51. The summed E-state index contributed by atoms with van der Waals surface area (Å²) in [5.74, 6) is 0.0780. The summed E-state index contributed by atoms with van der Waals surface area (Å²) in [6.45, 7) is 7.46. The molecule has 0 radical (unpaired) electrons. The Kier molecular flexibility index (Phi) is 8.60.